The van der Waals surface area contributed by atoms with Crippen molar-refractivity contribution < 1.29 is 14.7 Å². The van der Waals surface area contributed by atoms with Gasteiger partial charge < -0.3 is 20.6 Å². The summed E-state index contributed by atoms with van der Waals surface area (Å²) in [7, 11) is 1.76. The number of β-amino-alcohol motifs (C(OH)–C–C–N with tert-alkyl or cyclic N) is 1. The molecule has 0 spiro atoms. The van der Waals surface area contributed by atoms with Crippen LogP contribution in [0.5, 0.6) is 0 Å². The van der Waals surface area contributed by atoms with E-state index >= 15 is 0 Å². The van der Waals surface area contributed by atoms with Crippen LogP contribution in [0.25, 0.3) is 0 Å². The molecule has 1 aliphatic heterocycles. The summed E-state index contributed by atoms with van der Waals surface area (Å²) in [5.41, 5.74) is 2.64. The highest BCUT2D eigenvalue weighted by molar-refractivity contribution is 5.91. The van der Waals surface area contributed by atoms with E-state index in [-0.39, 0.29) is 30.2 Å². The van der Waals surface area contributed by atoms with Gasteiger partial charge in [-0.3, -0.25) is 9.59 Å². The Bertz CT molecular complexity index is 797. The number of likely N-dealkylation sites (N-methyl/N-ethyl adjacent to an activating group) is 1. The number of carbonyl (C=O) groups is 2. The largest absolute Gasteiger partial charge is 0.391 e. The zero-order valence-electron chi connectivity index (χ0n) is 18.6. The molecule has 3 atom stereocenters. The van der Waals surface area contributed by atoms with Crippen molar-refractivity contribution in [2.75, 3.05) is 13.6 Å². The number of hydrogen-bond acceptors (Lipinski definition) is 4. The Balaban J connectivity index is 1.37. The van der Waals surface area contributed by atoms with E-state index in [2.05, 4.69) is 34.9 Å². The zero-order valence-corrected chi connectivity index (χ0v) is 18.6. The van der Waals surface area contributed by atoms with Crippen LogP contribution in [0.1, 0.15) is 57.6 Å². The molecule has 3 N–H and O–H groups in total. The van der Waals surface area contributed by atoms with Crippen LogP contribution < -0.4 is 10.6 Å². The van der Waals surface area contributed by atoms with Crippen LogP contribution >= 0.6 is 0 Å². The first-order chi connectivity index (χ1) is 14.1. The van der Waals surface area contributed by atoms with Crippen LogP contribution in [-0.2, 0) is 21.5 Å². The normalized spacial score (nSPS) is 31.0. The standard InChI is InChI=1S/C24H35N3O3/c1-23(2,3)20(25-4)22(30)27-14-18(28)9-19(27)21(29)26-13-15-5-7-17(8-6-15)24-10-16(11-24)12-24/h5-8,16,18-20,25,28H,9-14H2,1-4H3,(H,26,29)/t16?,18-,19+,20-,24?/m1/s1. The van der Waals surface area contributed by atoms with Gasteiger partial charge in [-0.05, 0) is 54.2 Å². The van der Waals surface area contributed by atoms with Gasteiger partial charge in [0.15, 0.2) is 0 Å². The van der Waals surface area contributed by atoms with Crippen molar-refractivity contribution in [2.24, 2.45) is 11.3 Å². The lowest BCUT2D eigenvalue weighted by molar-refractivity contribution is -0.142. The molecule has 5 rings (SSSR count). The fourth-order valence-corrected chi connectivity index (χ4v) is 5.51. The van der Waals surface area contributed by atoms with Crippen molar-refractivity contribution >= 4 is 11.8 Å². The van der Waals surface area contributed by atoms with Gasteiger partial charge in [-0.2, -0.15) is 0 Å². The SMILES string of the molecule is CN[C@H](C(=O)N1C[C@H](O)C[C@H]1C(=O)NCc1ccc(C23CC(C2)C3)cc1)C(C)(C)C. The van der Waals surface area contributed by atoms with E-state index in [9.17, 15) is 14.7 Å². The van der Waals surface area contributed by atoms with Gasteiger partial charge in [0.1, 0.15) is 6.04 Å². The summed E-state index contributed by atoms with van der Waals surface area (Å²) in [4.78, 5) is 27.5. The molecule has 0 radical (unpaired) electrons. The van der Waals surface area contributed by atoms with Gasteiger partial charge in [-0.15, -0.1) is 0 Å². The number of amides is 2. The van der Waals surface area contributed by atoms with Crippen LogP contribution in [0.3, 0.4) is 0 Å². The molecular formula is C24H35N3O3. The second-order valence-electron chi connectivity index (χ2n) is 10.7. The number of nitrogens with zero attached hydrogens (tertiary/aromatic N) is 1. The summed E-state index contributed by atoms with van der Waals surface area (Å²) < 4.78 is 0. The topological polar surface area (TPSA) is 81.7 Å². The van der Waals surface area contributed by atoms with Gasteiger partial charge in [0.2, 0.25) is 11.8 Å². The molecule has 3 aliphatic carbocycles. The summed E-state index contributed by atoms with van der Waals surface area (Å²) in [5, 5.41) is 16.2. The van der Waals surface area contributed by atoms with Gasteiger partial charge in [0, 0.05) is 19.5 Å². The van der Waals surface area contributed by atoms with Crippen LogP contribution in [0, 0.1) is 11.3 Å². The Labute approximate surface area is 179 Å². The van der Waals surface area contributed by atoms with E-state index in [1.54, 1.807) is 7.05 Å². The van der Waals surface area contributed by atoms with E-state index in [0.717, 1.165) is 11.5 Å². The minimum absolute atomic E-state index is 0.135. The minimum Gasteiger partial charge on any atom is -0.391 e. The van der Waals surface area contributed by atoms with E-state index < -0.39 is 18.2 Å². The van der Waals surface area contributed by atoms with Crippen LogP contribution in [0.15, 0.2) is 24.3 Å². The Morgan fingerprint density at radius 1 is 1.20 bits per heavy atom. The molecule has 2 amide bonds. The maximum atomic E-state index is 13.1. The number of hydrogen-bond donors (Lipinski definition) is 3. The second kappa shape index (κ2) is 7.65. The summed E-state index contributed by atoms with van der Waals surface area (Å²) in [6.45, 7) is 6.60. The fraction of sp³-hybridized carbons (Fsp3) is 0.667. The third-order valence-corrected chi connectivity index (χ3v) is 7.34. The first-order valence-electron chi connectivity index (χ1n) is 11.2. The monoisotopic (exact) mass is 413 g/mol. The predicted octanol–water partition coefficient (Wildman–Crippen LogP) is 1.95. The quantitative estimate of drug-likeness (QED) is 0.666. The summed E-state index contributed by atoms with van der Waals surface area (Å²) in [5.74, 6) is 0.619. The molecule has 4 aliphatic rings. The van der Waals surface area contributed by atoms with E-state index in [1.165, 1.54) is 29.7 Å². The molecule has 6 heteroatoms. The first kappa shape index (κ1) is 21.3. The summed E-state index contributed by atoms with van der Waals surface area (Å²) in [6, 6.07) is 7.55. The fourth-order valence-electron chi connectivity index (χ4n) is 5.51. The second-order valence-corrected chi connectivity index (χ2v) is 10.7. The van der Waals surface area contributed by atoms with Gasteiger partial charge in [-0.1, -0.05) is 45.0 Å². The third kappa shape index (κ3) is 3.76. The summed E-state index contributed by atoms with van der Waals surface area (Å²) in [6.07, 6.45) is 3.60. The number of rotatable bonds is 6. The van der Waals surface area contributed by atoms with Crippen LogP contribution in [0.4, 0.5) is 0 Å². The molecule has 1 saturated heterocycles. The lowest BCUT2D eigenvalue weighted by atomic mass is 9.42. The first-order valence-corrected chi connectivity index (χ1v) is 11.2. The van der Waals surface area contributed by atoms with Crippen molar-refractivity contribution in [3.05, 3.63) is 35.4 Å². The van der Waals surface area contributed by atoms with E-state index in [0.29, 0.717) is 12.0 Å². The van der Waals surface area contributed by atoms with Crippen molar-refractivity contribution in [3.8, 4) is 0 Å². The van der Waals surface area contributed by atoms with E-state index in [4.69, 9.17) is 0 Å². The molecule has 6 nitrogen and oxygen atoms in total. The molecule has 4 fully saturated rings. The maximum absolute atomic E-state index is 13.1. The van der Waals surface area contributed by atoms with Crippen molar-refractivity contribution in [1.82, 2.24) is 15.5 Å². The van der Waals surface area contributed by atoms with Crippen molar-refractivity contribution in [2.45, 2.75) is 76.6 Å². The molecule has 1 aromatic rings. The lowest BCUT2D eigenvalue weighted by Crippen LogP contribution is -2.55. The summed E-state index contributed by atoms with van der Waals surface area (Å²) >= 11 is 0. The molecule has 0 unspecified atom stereocenters. The number of aliphatic hydroxyl groups is 1. The molecule has 1 heterocycles. The van der Waals surface area contributed by atoms with Gasteiger partial charge in [-0.25, -0.2) is 0 Å². The average Bonchev–Trinajstić information content (AvgIpc) is 2.99. The smallest absolute Gasteiger partial charge is 0.243 e. The Morgan fingerprint density at radius 3 is 2.33 bits per heavy atom. The average molecular weight is 414 g/mol. The predicted molar refractivity (Wildman–Crippen MR) is 116 cm³/mol. The lowest BCUT2D eigenvalue weighted by Gasteiger charge is -2.62. The molecule has 2 bridgehead atoms. The number of likely N-dealkylation sites (tertiary alicyclic amines) is 1. The molecular weight excluding hydrogens is 378 g/mol. The van der Waals surface area contributed by atoms with Gasteiger partial charge in [0.05, 0.1) is 12.1 Å². The highest BCUT2D eigenvalue weighted by Crippen LogP contribution is 2.65. The molecule has 0 aromatic heterocycles. The Morgan fingerprint density at radius 2 is 1.83 bits per heavy atom. The molecule has 30 heavy (non-hydrogen) atoms. The van der Waals surface area contributed by atoms with Crippen LogP contribution in [0.2, 0.25) is 0 Å². The number of benzene rings is 1. The maximum Gasteiger partial charge on any atom is 0.243 e. The van der Waals surface area contributed by atoms with Crippen LogP contribution in [-0.4, -0.2) is 53.6 Å². The van der Waals surface area contributed by atoms with Crippen molar-refractivity contribution in [1.29, 1.82) is 0 Å². The minimum atomic E-state index is -0.672. The Hall–Kier alpha value is -1.92. The third-order valence-electron chi connectivity index (χ3n) is 7.34. The Kier molecular flexibility index (Phi) is 5.43. The highest BCUT2D eigenvalue weighted by Gasteiger charge is 2.57. The highest BCUT2D eigenvalue weighted by atomic mass is 16.3. The molecule has 164 valence electrons. The van der Waals surface area contributed by atoms with Crippen molar-refractivity contribution in [3.63, 3.8) is 0 Å². The number of carbonyl (C=O) groups excluding carboxylic acids is 2. The van der Waals surface area contributed by atoms with Gasteiger partial charge >= 0.3 is 0 Å². The zero-order chi connectivity index (χ0) is 21.7. The van der Waals surface area contributed by atoms with Gasteiger partial charge in [0.25, 0.3) is 0 Å². The van der Waals surface area contributed by atoms with E-state index in [1.807, 2.05) is 20.8 Å². The molecule has 1 aromatic carbocycles. The number of aliphatic hydroxyl groups excluding tert-OH is 1. The number of nitrogens with one attached hydrogen (secondary N) is 2. The molecule has 3 saturated carbocycles.